The highest BCUT2D eigenvalue weighted by Crippen LogP contribution is 2.32. The van der Waals surface area contributed by atoms with Crippen molar-refractivity contribution in [1.29, 1.82) is 0 Å². The quantitative estimate of drug-likeness (QED) is 0.687. The fraction of sp³-hybridized carbons (Fsp3) is 0.133. The molecule has 0 aliphatic heterocycles. The number of hydrogen-bond acceptors (Lipinski definition) is 5. The topological polar surface area (TPSA) is 66.2 Å². The number of ether oxygens (including phenoxy) is 2. The van der Waals surface area contributed by atoms with Gasteiger partial charge in [0.2, 0.25) is 0 Å². The van der Waals surface area contributed by atoms with Gasteiger partial charge in [-0.05, 0) is 18.2 Å². The summed E-state index contributed by atoms with van der Waals surface area (Å²) in [6.45, 7) is 0. The number of para-hydroxylation sites is 1. The smallest absolute Gasteiger partial charge is 0.162 e. The standard InChI is InChI=1S/C15H13N3O3/c1-20-14-7-10(9-19)13(8-15(14)21-2)18-12-6-4-3-5-11(12)16-17-18/h3-9H,1-2H3. The molecule has 21 heavy (non-hydrogen) atoms. The zero-order valence-electron chi connectivity index (χ0n) is 11.6. The molecule has 106 valence electrons. The minimum Gasteiger partial charge on any atom is -0.493 e. The first-order chi connectivity index (χ1) is 10.3. The van der Waals surface area contributed by atoms with Gasteiger partial charge in [0, 0.05) is 11.6 Å². The summed E-state index contributed by atoms with van der Waals surface area (Å²) in [5, 5.41) is 8.21. The van der Waals surface area contributed by atoms with Crippen molar-refractivity contribution in [3.8, 4) is 17.2 Å². The van der Waals surface area contributed by atoms with Gasteiger partial charge in [0.1, 0.15) is 5.52 Å². The molecule has 0 bridgehead atoms. The number of nitrogens with zero attached hydrogens (tertiary/aromatic N) is 3. The Labute approximate surface area is 120 Å². The molecule has 0 spiro atoms. The number of fused-ring (bicyclic) bond motifs is 1. The van der Waals surface area contributed by atoms with Crippen molar-refractivity contribution in [3.05, 3.63) is 42.0 Å². The maximum atomic E-state index is 11.4. The second-order valence-electron chi connectivity index (χ2n) is 4.37. The van der Waals surface area contributed by atoms with E-state index in [9.17, 15) is 4.79 Å². The summed E-state index contributed by atoms with van der Waals surface area (Å²) in [6, 6.07) is 10.9. The average molecular weight is 283 g/mol. The number of aldehydes is 1. The third-order valence-corrected chi connectivity index (χ3v) is 3.24. The van der Waals surface area contributed by atoms with E-state index in [0.29, 0.717) is 22.7 Å². The number of carbonyl (C=O) groups is 1. The van der Waals surface area contributed by atoms with E-state index < -0.39 is 0 Å². The third-order valence-electron chi connectivity index (χ3n) is 3.24. The molecule has 0 amide bonds. The molecular formula is C15H13N3O3. The summed E-state index contributed by atoms with van der Waals surface area (Å²) in [4.78, 5) is 11.4. The Morgan fingerprint density at radius 1 is 1.10 bits per heavy atom. The molecule has 0 saturated heterocycles. The number of benzene rings is 2. The van der Waals surface area contributed by atoms with Gasteiger partial charge in [-0.2, -0.15) is 0 Å². The van der Waals surface area contributed by atoms with Crippen LogP contribution in [-0.4, -0.2) is 35.5 Å². The van der Waals surface area contributed by atoms with Crippen molar-refractivity contribution in [2.45, 2.75) is 0 Å². The Balaban J connectivity index is 2.28. The monoisotopic (exact) mass is 283 g/mol. The second-order valence-corrected chi connectivity index (χ2v) is 4.37. The van der Waals surface area contributed by atoms with Crippen molar-refractivity contribution in [2.75, 3.05) is 14.2 Å². The first kappa shape index (κ1) is 13.1. The van der Waals surface area contributed by atoms with E-state index in [1.807, 2.05) is 24.3 Å². The number of methoxy groups -OCH3 is 2. The van der Waals surface area contributed by atoms with Crippen LogP contribution in [0.5, 0.6) is 11.5 Å². The van der Waals surface area contributed by atoms with Gasteiger partial charge >= 0.3 is 0 Å². The minimum atomic E-state index is 0.448. The van der Waals surface area contributed by atoms with Crippen LogP contribution in [0.4, 0.5) is 0 Å². The molecule has 0 unspecified atom stereocenters. The highest BCUT2D eigenvalue weighted by molar-refractivity contribution is 5.85. The molecule has 0 aliphatic rings. The summed E-state index contributed by atoms with van der Waals surface area (Å²) < 4.78 is 12.1. The highest BCUT2D eigenvalue weighted by atomic mass is 16.5. The Kier molecular flexibility index (Phi) is 3.27. The molecule has 3 rings (SSSR count). The molecule has 0 fully saturated rings. The van der Waals surface area contributed by atoms with E-state index >= 15 is 0 Å². The summed E-state index contributed by atoms with van der Waals surface area (Å²) in [5.41, 5.74) is 2.61. The van der Waals surface area contributed by atoms with Gasteiger partial charge in [-0.25, -0.2) is 4.68 Å². The molecule has 2 aromatic carbocycles. The van der Waals surface area contributed by atoms with E-state index in [2.05, 4.69) is 10.3 Å². The lowest BCUT2D eigenvalue weighted by atomic mass is 10.1. The molecule has 6 heteroatoms. The molecule has 0 radical (unpaired) electrons. The zero-order chi connectivity index (χ0) is 14.8. The maximum Gasteiger partial charge on any atom is 0.162 e. The molecule has 0 aliphatic carbocycles. The fourth-order valence-electron chi connectivity index (χ4n) is 2.21. The summed E-state index contributed by atoms with van der Waals surface area (Å²) in [6.07, 6.45) is 0.758. The Morgan fingerprint density at radius 3 is 2.52 bits per heavy atom. The van der Waals surface area contributed by atoms with Crippen LogP contribution in [0, 0.1) is 0 Å². The highest BCUT2D eigenvalue weighted by Gasteiger charge is 2.15. The van der Waals surface area contributed by atoms with E-state index in [4.69, 9.17) is 9.47 Å². The summed E-state index contributed by atoms with van der Waals surface area (Å²) >= 11 is 0. The van der Waals surface area contributed by atoms with Crippen molar-refractivity contribution < 1.29 is 14.3 Å². The normalized spacial score (nSPS) is 10.6. The second kappa shape index (κ2) is 5.24. The first-order valence-electron chi connectivity index (χ1n) is 6.30. The van der Waals surface area contributed by atoms with E-state index in [1.165, 1.54) is 7.11 Å². The molecule has 1 aromatic heterocycles. The van der Waals surface area contributed by atoms with Crippen LogP contribution >= 0.6 is 0 Å². The number of hydrogen-bond donors (Lipinski definition) is 0. The average Bonchev–Trinajstić information content (AvgIpc) is 2.97. The molecule has 1 heterocycles. The van der Waals surface area contributed by atoms with Gasteiger partial charge < -0.3 is 9.47 Å². The van der Waals surface area contributed by atoms with Crippen molar-refractivity contribution in [3.63, 3.8) is 0 Å². The van der Waals surface area contributed by atoms with Gasteiger partial charge in [0.25, 0.3) is 0 Å². The van der Waals surface area contributed by atoms with E-state index in [0.717, 1.165) is 17.3 Å². The van der Waals surface area contributed by atoms with Crippen LogP contribution in [0.1, 0.15) is 10.4 Å². The van der Waals surface area contributed by atoms with E-state index in [1.54, 1.807) is 23.9 Å². The maximum absolute atomic E-state index is 11.4. The van der Waals surface area contributed by atoms with Crippen LogP contribution in [0.3, 0.4) is 0 Å². The molecule has 0 atom stereocenters. The zero-order valence-corrected chi connectivity index (χ0v) is 11.6. The van der Waals surface area contributed by atoms with Gasteiger partial charge in [0.15, 0.2) is 17.8 Å². The third kappa shape index (κ3) is 2.10. The molecule has 6 nitrogen and oxygen atoms in total. The van der Waals surface area contributed by atoms with Crippen molar-refractivity contribution in [1.82, 2.24) is 15.0 Å². The Morgan fingerprint density at radius 2 is 1.81 bits per heavy atom. The van der Waals surface area contributed by atoms with E-state index in [-0.39, 0.29) is 0 Å². The lowest BCUT2D eigenvalue weighted by molar-refractivity contribution is 0.112. The van der Waals surface area contributed by atoms with Gasteiger partial charge in [-0.1, -0.05) is 17.3 Å². The lowest BCUT2D eigenvalue weighted by Gasteiger charge is -2.12. The van der Waals surface area contributed by atoms with Gasteiger partial charge in [-0.3, -0.25) is 4.79 Å². The predicted octanol–water partition coefficient (Wildman–Crippen LogP) is 2.25. The summed E-state index contributed by atoms with van der Waals surface area (Å²) in [5.74, 6) is 1.02. The fourth-order valence-corrected chi connectivity index (χ4v) is 2.21. The molecule has 0 saturated carbocycles. The SMILES string of the molecule is COc1cc(C=O)c(-n2nnc3ccccc32)cc1OC. The van der Waals surface area contributed by atoms with Crippen LogP contribution in [-0.2, 0) is 0 Å². The van der Waals surface area contributed by atoms with Crippen LogP contribution < -0.4 is 9.47 Å². The number of rotatable bonds is 4. The van der Waals surface area contributed by atoms with Crippen molar-refractivity contribution in [2.24, 2.45) is 0 Å². The van der Waals surface area contributed by atoms with Crippen molar-refractivity contribution >= 4 is 17.3 Å². The number of carbonyl (C=O) groups excluding carboxylic acids is 1. The Bertz CT molecular complexity index is 811. The molecular weight excluding hydrogens is 270 g/mol. The largest absolute Gasteiger partial charge is 0.493 e. The first-order valence-corrected chi connectivity index (χ1v) is 6.30. The molecule has 3 aromatic rings. The Hall–Kier alpha value is -2.89. The van der Waals surface area contributed by atoms with Crippen LogP contribution in [0.15, 0.2) is 36.4 Å². The lowest BCUT2D eigenvalue weighted by Crippen LogP contribution is -2.03. The molecule has 0 N–H and O–H groups in total. The minimum absolute atomic E-state index is 0.448. The predicted molar refractivity (Wildman–Crippen MR) is 77.4 cm³/mol. The van der Waals surface area contributed by atoms with Crippen LogP contribution in [0.25, 0.3) is 16.7 Å². The van der Waals surface area contributed by atoms with Gasteiger partial charge in [0.05, 0.1) is 25.4 Å². The number of aromatic nitrogens is 3. The summed E-state index contributed by atoms with van der Waals surface area (Å²) in [7, 11) is 3.07. The van der Waals surface area contributed by atoms with Gasteiger partial charge in [-0.15, -0.1) is 5.10 Å². The van der Waals surface area contributed by atoms with Crippen LogP contribution in [0.2, 0.25) is 0 Å².